The van der Waals surface area contributed by atoms with Gasteiger partial charge in [0.25, 0.3) is 5.91 Å². The molecule has 152 valence electrons. The lowest BCUT2D eigenvalue weighted by Gasteiger charge is -2.32. The SMILES string of the molecule is O=C(C[C@@H]1CCCO1)N1CCC(c2ccc(C(=O)N3CCCCC3)cn2)CC1. The number of ether oxygens (including phenoxy) is 1. The molecule has 3 aliphatic heterocycles. The predicted octanol–water partition coefficient (Wildman–Crippen LogP) is 2.98. The van der Waals surface area contributed by atoms with Crippen molar-refractivity contribution in [3.05, 3.63) is 29.6 Å². The van der Waals surface area contributed by atoms with Crippen molar-refractivity contribution >= 4 is 11.8 Å². The Morgan fingerprint density at radius 1 is 0.964 bits per heavy atom. The van der Waals surface area contributed by atoms with E-state index in [1.54, 1.807) is 6.20 Å². The van der Waals surface area contributed by atoms with Crippen molar-refractivity contribution in [3.63, 3.8) is 0 Å². The summed E-state index contributed by atoms with van der Waals surface area (Å²) in [5.74, 6) is 0.694. The van der Waals surface area contributed by atoms with Crippen LogP contribution in [0.5, 0.6) is 0 Å². The van der Waals surface area contributed by atoms with Gasteiger partial charge in [-0.25, -0.2) is 0 Å². The fraction of sp³-hybridized carbons (Fsp3) is 0.682. The molecular weight excluding hydrogens is 354 g/mol. The molecule has 4 heterocycles. The van der Waals surface area contributed by atoms with Crippen molar-refractivity contribution < 1.29 is 14.3 Å². The molecule has 0 radical (unpaired) electrons. The van der Waals surface area contributed by atoms with E-state index in [1.807, 2.05) is 21.9 Å². The summed E-state index contributed by atoms with van der Waals surface area (Å²) in [5.41, 5.74) is 1.73. The van der Waals surface area contributed by atoms with Gasteiger partial charge in [-0.2, -0.15) is 0 Å². The Labute approximate surface area is 167 Å². The molecule has 28 heavy (non-hydrogen) atoms. The zero-order chi connectivity index (χ0) is 19.3. The van der Waals surface area contributed by atoms with E-state index in [9.17, 15) is 9.59 Å². The second-order valence-corrected chi connectivity index (χ2v) is 8.32. The molecule has 6 heteroatoms. The first-order valence-electron chi connectivity index (χ1n) is 10.9. The summed E-state index contributed by atoms with van der Waals surface area (Å²) >= 11 is 0. The van der Waals surface area contributed by atoms with E-state index >= 15 is 0 Å². The van der Waals surface area contributed by atoms with Crippen LogP contribution in [0.3, 0.4) is 0 Å². The molecule has 6 nitrogen and oxygen atoms in total. The van der Waals surface area contributed by atoms with Crippen LogP contribution in [0.4, 0.5) is 0 Å². The number of likely N-dealkylation sites (tertiary alicyclic amines) is 2. The van der Waals surface area contributed by atoms with Crippen LogP contribution >= 0.6 is 0 Å². The molecule has 0 N–H and O–H groups in total. The van der Waals surface area contributed by atoms with Gasteiger partial charge in [-0.3, -0.25) is 14.6 Å². The lowest BCUT2D eigenvalue weighted by Crippen LogP contribution is -2.39. The zero-order valence-electron chi connectivity index (χ0n) is 16.6. The third-order valence-corrected chi connectivity index (χ3v) is 6.37. The summed E-state index contributed by atoms with van der Waals surface area (Å²) in [6, 6.07) is 3.93. The first-order chi connectivity index (χ1) is 13.7. The van der Waals surface area contributed by atoms with E-state index < -0.39 is 0 Å². The molecule has 1 aromatic rings. The van der Waals surface area contributed by atoms with Crippen molar-refractivity contribution in [1.82, 2.24) is 14.8 Å². The standard InChI is InChI=1S/C22H31N3O3/c26-21(15-19-5-4-14-28-19)24-12-8-17(9-13-24)20-7-6-18(16-23-20)22(27)25-10-2-1-3-11-25/h6-7,16-17,19H,1-5,8-15H2/t19-/m0/s1. The number of amides is 2. The molecule has 0 aliphatic carbocycles. The average Bonchev–Trinajstić information content (AvgIpc) is 3.27. The second-order valence-electron chi connectivity index (χ2n) is 8.32. The quantitative estimate of drug-likeness (QED) is 0.799. The fourth-order valence-corrected chi connectivity index (χ4v) is 4.61. The van der Waals surface area contributed by atoms with Gasteiger partial charge in [-0.1, -0.05) is 0 Å². The average molecular weight is 386 g/mol. The Hall–Kier alpha value is -1.95. The monoisotopic (exact) mass is 385 g/mol. The maximum absolute atomic E-state index is 12.6. The number of rotatable bonds is 4. The van der Waals surface area contributed by atoms with Crippen LogP contribution in [0.2, 0.25) is 0 Å². The van der Waals surface area contributed by atoms with Crippen molar-refractivity contribution in [2.75, 3.05) is 32.8 Å². The van der Waals surface area contributed by atoms with Gasteiger partial charge < -0.3 is 14.5 Å². The molecule has 0 aromatic carbocycles. The van der Waals surface area contributed by atoms with Crippen LogP contribution in [0.25, 0.3) is 0 Å². The van der Waals surface area contributed by atoms with Crippen molar-refractivity contribution in [2.45, 2.75) is 63.4 Å². The summed E-state index contributed by atoms with van der Waals surface area (Å²) in [5, 5.41) is 0. The van der Waals surface area contributed by atoms with Crippen LogP contribution in [0, 0.1) is 0 Å². The second kappa shape index (κ2) is 9.03. The summed E-state index contributed by atoms with van der Waals surface area (Å²) in [4.78, 5) is 33.6. The minimum atomic E-state index is 0.105. The number of piperidine rings is 2. The molecule has 3 fully saturated rings. The molecule has 4 rings (SSSR count). The molecule has 0 spiro atoms. The normalized spacial score (nSPS) is 23.8. The van der Waals surface area contributed by atoms with Crippen molar-refractivity contribution in [2.24, 2.45) is 0 Å². The van der Waals surface area contributed by atoms with E-state index in [0.29, 0.717) is 17.9 Å². The predicted molar refractivity (Wildman–Crippen MR) is 106 cm³/mol. The molecule has 2 amide bonds. The van der Waals surface area contributed by atoms with Gasteiger partial charge in [-0.15, -0.1) is 0 Å². The Balaban J connectivity index is 1.28. The summed E-state index contributed by atoms with van der Waals surface area (Å²) in [6.07, 6.45) is 9.75. The summed E-state index contributed by atoms with van der Waals surface area (Å²) in [6.45, 7) is 4.08. The third kappa shape index (κ3) is 4.54. The number of hydrogen-bond donors (Lipinski definition) is 0. The molecule has 3 saturated heterocycles. The van der Waals surface area contributed by atoms with Crippen LogP contribution in [0.15, 0.2) is 18.3 Å². The Morgan fingerprint density at radius 3 is 2.39 bits per heavy atom. The van der Waals surface area contributed by atoms with Crippen molar-refractivity contribution in [1.29, 1.82) is 0 Å². The summed E-state index contributed by atoms with van der Waals surface area (Å²) < 4.78 is 5.59. The first-order valence-corrected chi connectivity index (χ1v) is 10.9. The number of carbonyl (C=O) groups is 2. The molecule has 0 bridgehead atoms. The summed E-state index contributed by atoms with van der Waals surface area (Å²) in [7, 11) is 0. The number of hydrogen-bond acceptors (Lipinski definition) is 4. The molecule has 1 aromatic heterocycles. The molecular formula is C22H31N3O3. The molecule has 3 aliphatic rings. The molecule has 0 saturated carbocycles. The Morgan fingerprint density at radius 2 is 1.75 bits per heavy atom. The van der Waals surface area contributed by atoms with E-state index in [1.165, 1.54) is 6.42 Å². The van der Waals surface area contributed by atoms with Crippen LogP contribution in [-0.4, -0.2) is 65.5 Å². The van der Waals surface area contributed by atoms with Gasteiger partial charge in [0.2, 0.25) is 5.91 Å². The highest BCUT2D eigenvalue weighted by atomic mass is 16.5. The highest BCUT2D eigenvalue weighted by molar-refractivity contribution is 5.94. The number of nitrogens with zero attached hydrogens (tertiary/aromatic N) is 3. The number of pyridine rings is 1. The highest BCUT2D eigenvalue weighted by Gasteiger charge is 2.28. The number of carbonyl (C=O) groups excluding carboxylic acids is 2. The van der Waals surface area contributed by atoms with Crippen LogP contribution < -0.4 is 0 Å². The lowest BCUT2D eigenvalue weighted by molar-refractivity contribution is -0.134. The smallest absolute Gasteiger partial charge is 0.255 e. The van der Waals surface area contributed by atoms with Gasteiger partial charge >= 0.3 is 0 Å². The van der Waals surface area contributed by atoms with E-state index in [0.717, 1.165) is 77.0 Å². The first kappa shape index (κ1) is 19.4. The van der Waals surface area contributed by atoms with E-state index in [-0.39, 0.29) is 17.9 Å². The van der Waals surface area contributed by atoms with Crippen molar-refractivity contribution in [3.8, 4) is 0 Å². The topological polar surface area (TPSA) is 62.7 Å². The largest absolute Gasteiger partial charge is 0.378 e. The van der Waals surface area contributed by atoms with Gasteiger partial charge in [0.05, 0.1) is 18.1 Å². The fourth-order valence-electron chi connectivity index (χ4n) is 4.61. The van der Waals surface area contributed by atoms with Crippen LogP contribution in [0.1, 0.15) is 73.3 Å². The molecule has 1 atom stereocenters. The minimum Gasteiger partial charge on any atom is -0.378 e. The van der Waals surface area contributed by atoms with Crippen LogP contribution in [-0.2, 0) is 9.53 Å². The maximum Gasteiger partial charge on any atom is 0.255 e. The zero-order valence-corrected chi connectivity index (χ0v) is 16.6. The highest BCUT2D eigenvalue weighted by Crippen LogP contribution is 2.28. The van der Waals surface area contributed by atoms with Gasteiger partial charge in [-0.05, 0) is 57.1 Å². The van der Waals surface area contributed by atoms with E-state index in [2.05, 4.69) is 4.98 Å². The van der Waals surface area contributed by atoms with E-state index in [4.69, 9.17) is 4.74 Å². The Kier molecular flexibility index (Phi) is 6.25. The maximum atomic E-state index is 12.6. The number of aromatic nitrogens is 1. The molecule has 0 unspecified atom stereocenters. The minimum absolute atomic E-state index is 0.105. The van der Waals surface area contributed by atoms with Gasteiger partial charge in [0.1, 0.15) is 0 Å². The Bertz CT molecular complexity index is 671. The van der Waals surface area contributed by atoms with Gasteiger partial charge in [0, 0.05) is 50.6 Å². The lowest BCUT2D eigenvalue weighted by atomic mass is 9.92. The third-order valence-electron chi connectivity index (χ3n) is 6.37. The van der Waals surface area contributed by atoms with Gasteiger partial charge in [0.15, 0.2) is 0 Å².